The summed E-state index contributed by atoms with van der Waals surface area (Å²) < 4.78 is 53.6. The monoisotopic (exact) mass is 499 g/mol. The van der Waals surface area contributed by atoms with Crippen LogP contribution in [0, 0.1) is 23.5 Å². The van der Waals surface area contributed by atoms with Crippen LogP contribution in [0.5, 0.6) is 0 Å². The fourth-order valence-electron chi connectivity index (χ4n) is 3.67. The molecule has 2 aromatic carbocycles. The maximum absolute atomic E-state index is 13.6. The summed E-state index contributed by atoms with van der Waals surface area (Å²) in [5, 5.41) is 7.65. The Morgan fingerprint density at radius 1 is 0.917 bits per heavy atom. The zero-order valence-electron chi connectivity index (χ0n) is 18.8. The van der Waals surface area contributed by atoms with E-state index >= 15 is 0 Å². The standard InChI is InChI=1S/C25H21F4N5O2/c26-18-21(19(27)23(29)34-22(18)28)30-13-7-6-12-17(35)32-24-25(36)31-16-11-5-4-10-15(16)20(33-24)14-8-2-1-3-9-14/h1-5,8-11,24H,6-7,12-13H2,(H,30,34)(H,31,36)(H,32,35)/t24-/m0/s1. The molecule has 0 unspecified atom stereocenters. The van der Waals surface area contributed by atoms with E-state index in [0.29, 0.717) is 17.0 Å². The first-order chi connectivity index (χ1) is 17.3. The lowest BCUT2D eigenvalue weighted by molar-refractivity contribution is -0.126. The number of pyridine rings is 1. The number of carbonyl (C=O) groups excluding carboxylic acids is 2. The van der Waals surface area contributed by atoms with E-state index in [1.807, 2.05) is 42.5 Å². The number of anilines is 2. The fraction of sp³-hybridized carbons (Fsp3) is 0.200. The van der Waals surface area contributed by atoms with Crippen molar-refractivity contribution < 1.29 is 27.2 Å². The largest absolute Gasteiger partial charge is 0.380 e. The third kappa shape index (κ3) is 5.51. The second kappa shape index (κ2) is 11.0. The number of nitrogens with one attached hydrogen (secondary N) is 3. The van der Waals surface area contributed by atoms with Crippen LogP contribution in [0.25, 0.3) is 0 Å². The van der Waals surface area contributed by atoms with Gasteiger partial charge in [-0.25, -0.2) is 4.99 Å². The van der Waals surface area contributed by atoms with E-state index in [-0.39, 0.29) is 25.8 Å². The molecule has 4 rings (SSSR count). The molecule has 7 nitrogen and oxygen atoms in total. The predicted molar refractivity (Wildman–Crippen MR) is 125 cm³/mol. The van der Waals surface area contributed by atoms with Crippen molar-refractivity contribution in [3.63, 3.8) is 0 Å². The molecular weight excluding hydrogens is 478 g/mol. The van der Waals surface area contributed by atoms with Crippen molar-refractivity contribution in [2.24, 2.45) is 4.99 Å². The Morgan fingerprint density at radius 3 is 2.31 bits per heavy atom. The van der Waals surface area contributed by atoms with Crippen molar-refractivity contribution in [3.05, 3.63) is 89.3 Å². The molecule has 0 aliphatic carbocycles. The number of hydrogen-bond donors (Lipinski definition) is 3. The Balaban J connectivity index is 1.37. The van der Waals surface area contributed by atoms with Gasteiger partial charge in [-0.1, -0.05) is 48.5 Å². The summed E-state index contributed by atoms with van der Waals surface area (Å²) in [6, 6.07) is 16.4. The molecule has 0 spiro atoms. The number of halogens is 4. The Labute approximate surface area is 203 Å². The van der Waals surface area contributed by atoms with Gasteiger partial charge in [0.25, 0.3) is 17.8 Å². The average molecular weight is 499 g/mol. The molecule has 1 aliphatic heterocycles. The van der Waals surface area contributed by atoms with Crippen LogP contribution in [0.1, 0.15) is 30.4 Å². The average Bonchev–Trinajstić information content (AvgIpc) is 3.01. The maximum atomic E-state index is 13.6. The third-order valence-electron chi connectivity index (χ3n) is 5.42. The van der Waals surface area contributed by atoms with E-state index in [9.17, 15) is 27.2 Å². The quantitative estimate of drug-likeness (QED) is 0.247. The summed E-state index contributed by atoms with van der Waals surface area (Å²) in [7, 11) is 0. The minimum absolute atomic E-state index is 0.0152. The Bertz CT molecular complexity index is 1290. The Hall–Kier alpha value is -4.28. The maximum Gasteiger partial charge on any atom is 0.269 e. The molecule has 186 valence electrons. The van der Waals surface area contributed by atoms with Crippen molar-refractivity contribution in [2.75, 3.05) is 17.2 Å². The number of nitrogens with zero attached hydrogens (tertiary/aromatic N) is 2. The molecule has 0 saturated heterocycles. The van der Waals surface area contributed by atoms with E-state index < -0.39 is 47.2 Å². The number of rotatable bonds is 8. The van der Waals surface area contributed by atoms with E-state index in [4.69, 9.17) is 0 Å². The zero-order valence-corrected chi connectivity index (χ0v) is 18.8. The number of hydrogen-bond acceptors (Lipinski definition) is 5. The second-order valence-electron chi connectivity index (χ2n) is 7.93. The molecule has 0 radical (unpaired) electrons. The number of benzene rings is 2. The Kier molecular flexibility index (Phi) is 7.57. The van der Waals surface area contributed by atoms with E-state index in [1.165, 1.54) is 0 Å². The van der Waals surface area contributed by atoms with Crippen LogP contribution in [-0.2, 0) is 9.59 Å². The smallest absolute Gasteiger partial charge is 0.269 e. The van der Waals surface area contributed by atoms with E-state index in [2.05, 4.69) is 25.9 Å². The molecule has 1 aliphatic rings. The van der Waals surface area contributed by atoms with Gasteiger partial charge in [0.15, 0.2) is 0 Å². The number of amides is 2. The summed E-state index contributed by atoms with van der Waals surface area (Å²) in [6.45, 7) is -0.0560. The lowest BCUT2D eigenvalue weighted by Crippen LogP contribution is -2.42. The molecular formula is C25H21F4N5O2. The van der Waals surface area contributed by atoms with Crippen LogP contribution in [0.3, 0.4) is 0 Å². The van der Waals surface area contributed by atoms with Gasteiger partial charge >= 0.3 is 0 Å². The number of fused-ring (bicyclic) bond motifs is 1. The molecule has 0 fully saturated rings. The minimum atomic E-state index is -1.75. The molecule has 0 saturated carbocycles. The molecule has 2 amide bonds. The topological polar surface area (TPSA) is 95.5 Å². The number of aromatic nitrogens is 1. The number of benzodiazepines with no additional fused rings is 1. The Morgan fingerprint density at radius 2 is 1.58 bits per heavy atom. The van der Waals surface area contributed by atoms with Gasteiger partial charge in [0.2, 0.25) is 23.7 Å². The SMILES string of the molecule is O=C(CCCCNc1c(F)c(F)nc(F)c1F)N[C@H]1N=C(c2ccccc2)c2ccccc2NC1=O. The molecule has 3 aromatic rings. The fourth-order valence-corrected chi connectivity index (χ4v) is 3.67. The van der Waals surface area contributed by atoms with Gasteiger partial charge in [-0.3, -0.25) is 9.59 Å². The molecule has 2 heterocycles. The first-order valence-electron chi connectivity index (χ1n) is 11.1. The van der Waals surface area contributed by atoms with Gasteiger partial charge in [0, 0.05) is 24.1 Å². The lowest BCUT2D eigenvalue weighted by Gasteiger charge is -2.13. The predicted octanol–water partition coefficient (Wildman–Crippen LogP) is 4.15. The van der Waals surface area contributed by atoms with Crippen molar-refractivity contribution in [3.8, 4) is 0 Å². The van der Waals surface area contributed by atoms with Crippen LogP contribution in [-0.4, -0.2) is 35.2 Å². The summed E-state index contributed by atoms with van der Waals surface area (Å²) in [4.78, 5) is 32.3. The lowest BCUT2D eigenvalue weighted by atomic mass is 10.0. The first-order valence-corrected chi connectivity index (χ1v) is 11.1. The molecule has 36 heavy (non-hydrogen) atoms. The highest BCUT2D eigenvalue weighted by molar-refractivity contribution is 6.19. The van der Waals surface area contributed by atoms with Gasteiger partial charge in [0.05, 0.1) is 11.4 Å². The third-order valence-corrected chi connectivity index (χ3v) is 5.42. The summed E-state index contributed by atoms with van der Waals surface area (Å²) in [6.07, 6.45) is -0.677. The van der Waals surface area contributed by atoms with Gasteiger partial charge in [-0.2, -0.15) is 22.5 Å². The van der Waals surface area contributed by atoms with E-state index in [0.717, 1.165) is 5.56 Å². The highest BCUT2D eigenvalue weighted by Crippen LogP contribution is 2.24. The number of para-hydroxylation sites is 1. The summed E-state index contributed by atoms with van der Waals surface area (Å²) >= 11 is 0. The van der Waals surface area contributed by atoms with Crippen LogP contribution in [0.15, 0.2) is 59.6 Å². The van der Waals surface area contributed by atoms with Crippen LogP contribution in [0.2, 0.25) is 0 Å². The second-order valence-corrected chi connectivity index (χ2v) is 7.93. The molecule has 1 atom stereocenters. The van der Waals surface area contributed by atoms with Crippen molar-refractivity contribution in [2.45, 2.75) is 25.4 Å². The number of unbranched alkanes of at least 4 members (excludes halogenated alkanes) is 1. The zero-order chi connectivity index (χ0) is 25.7. The van der Waals surface area contributed by atoms with Crippen molar-refractivity contribution in [1.29, 1.82) is 0 Å². The molecule has 11 heteroatoms. The van der Waals surface area contributed by atoms with Gasteiger partial charge in [-0.05, 0) is 18.9 Å². The number of carbonyl (C=O) groups is 2. The van der Waals surface area contributed by atoms with E-state index in [1.54, 1.807) is 12.1 Å². The highest BCUT2D eigenvalue weighted by atomic mass is 19.2. The van der Waals surface area contributed by atoms with Gasteiger partial charge in [-0.15, -0.1) is 0 Å². The summed E-state index contributed by atoms with van der Waals surface area (Å²) in [5.74, 6) is -7.73. The number of aliphatic imine (C=N–C) groups is 1. The molecule has 0 bridgehead atoms. The molecule has 3 N–H and O–H groups in total. The first kappa shape index (κ1) is 24.8. The van der Waals surface area contributed by atoms with Gasteiger partial charge < -0.3 is 16.0 Å². The highest BCUT2D eigenvalue weighted by Gasteiger charge is 2.27. The van der Waals surface area contributed by atoms with Crippen molar-refractivity contribution >= 4 is 28.9 Å². The normalized spacial score (nSPS) is 14.8. The summed E-state index contributed by atoms with van der Waals surface area (Å²) in [5.41, 5.74) is 1.64. The van der Waals surface area contributed by atoms with Crippen LogP contribution < -0.4 is 16.0 Å². The minimum Gasteiger partial charge on any atom is -0.380 e. The molecule has 1 aromatic heterocycles. The van der Waals surface area contributed by atoms with Gasteiger partial charge in [0.1, 0.15) is 5.69 Å². The van der Waals surface area contributed by atoms with Crippen LogP contribution >= 0.6 is 0 Å². The van der Waals surface area contributed by atoms with Crippen LogP contribution in [0.4, 0.5) is 28.9 Å². The van der Waals surface area contributed by atoms with Crippen molar-refractivity contribution in [1.82, 2.24) is 10.3 Å².